The number of aromatic nitrogens is 2. The van der Waals surface area contributed by atoms with E-state index in [1.807, 2.05) is 48.7 Å². The standard InChI is InChI=1S/C33H31N5O3/c34-30(33(40)41)19-8-11-23(12-9-19)38-29-17-21(10-13-27(29)32(35)39)31-26-6-3-5-24(25(26)14-15-36-31)22-16-20-4-1-2-7-28(20)37-18-22/h1-7,10,13-19,23,30,38H,8-9,11-12,34H2,(H2,35,39)(H,40,41). The fraction of sp³-hybridized carbons (Fsp3) is 0.212. The van der Waals surface area contributed by atoms with Crippen LogP contribution in [-0.2, 0) is 4.79 Å². The van der Waals surface area contributed by atoms with Crippen LogP contribution < -0.4 is 16.8 Å². The predicted molar refractivity (Wildman–Crippen MR) is 161 cm³/mol. The molecule has 2 heterocycles. The Morgan fingerprint density at radius 2 is 1.68 bits per heavy atom. The third-order valence-electron chi connectivity index (χ3n) is 8.19. The highest BCUT2D eigenvalue weighted by Gasteiger charge is 2.29. The smallest absolute Gasteiger partial charge is 0.320 e. The number of carbonyl (C=O) groups is 2. The number of aliphatic carboxylic acids is 1. The molecule has 1 saturated carbocycles. The Bertz CT molecular complexity index is 1780. The molecule has 0 spiro atoms. The SMILES string of the molecule is NC(=O)c1ccc(-c2nccc3c(-c4cnc5ccccc5c4)cccc23)cc1NC1CCC(C(N)C(=O)O)CC1. The van der Waals surface area contributed by atoms with E-state index in [0.29, 0.717) is 24.1 Å². The van der Waals surface area contributed by atoms with Crippen molar-refractivity contribution in [2.45, 2.75) is 37.8 Å². The van der Waals surface area contributed by atoms with Gasteiger partial charge in [-0.2, -0.15) is 0 Å². The van der Waals surface area contributed by atoms with Gasteiger partial charge in [-0.15, -0.1) is 0 Å². The molecule has 5 aromatic rings. The number of carbonyl (C=O) groups excluding carboxylic acids is 1. The Morgan fingerprint density at radius 1 is 0.878 bits per heavy atom. The molecule has 206 valence electrons. The van der Waals surface area contributed by atoms with Crippen LogP contribution in [0, 0.1) is 5.92 Å². The lowest BCUT2D eigenvalue weighted by Gasteiger charge is -2.32. The van der Waals surface area contributed by atoms with Crippen LogP contribution in [-0.4, -0.2) is 39.0 Å². The van der Waals surface area contributed by atoms with Gasteiger partial charge in [0.05, 0.1) is 16.8 Å². The van der Waals surface area contributed by atoms with Crippen LogP contribution in [0.25, 0.3) is 44.1 Å². The van der Waals surface area contributed by atoms with Gasteiger partial charge in [0.15, 0.2) is 0 Å². The van der Waals surface area contributed by atoms with Crippen molar-refractivity contribution in [2.24, 2.45) is 17.4 Å². The summed E-state index contributed by atoms with van der Waals surface area (Å²) in [5.74, 6) is -1.54. The molecule has 1 atom stereocenters. The van der Waals surface area contributed by atoms with E-state index < -0.39 is 17.9 Å². The van der Waals surface area contributed by atoms with Gasteiger partial charge in [0.2, 0.25) is 0 Å². The van der Waals surface area contributed by atoms with E-state index >= 15 is 0 Å². The molecule has 2 aromatic heterocycles. The van der Waals surface area contributed by atoms with Gasteiger partial charge >= 0.3 is 5.97 Å². The van der Waals surface area contributed by atoms with Gasteiger partial charge in [-0.05, 0) is 72.9 Å². The summed E-state index contributed by atoms with van der Waals surface area (Å²) in [6, 6.07) is 23.2. The Morgan fingerprint density at radius 3 is 2.46 bits per heavy atom. The normalized spacial score (nSPS) is 17.8. The van der Waals surface area contributed by atoms with Crippen molar-refractivity contribution in [2.75, 3.05) is 5.32 Å². The second kappa shape index (κ2) is 11.0. The molecule has 8 heteroatoms. The highest BCUT2D eigenvalue weighted by Crippen LogP contribution is 2.36. The van der Waals surface area contributed by atoms with Crippen molar-refractivity contribution in [3.63, 3.8) is 0 Å². The molecule has 1 aliphatic rings. The molecular formula is C33H31N5O3. The average molecular weight is 546 g/mol. The predicted octanol–water partition coefficient (Wildman–Crippen LogP) is 5.60. The first-order valence-corrected chi connectivity index (χ1v) is 13.8. The van der Waals surface area contributed by atoms with Crippen LogP contribution in [0.2, 0.25) is 0 Å². The third kappa shape index (κ3) is 5.21. The van der Waals surface area contributed by atoms with Gasteiger partial charge in [0, 0.05) is 46.0 Å². The Kier molecular flexibility index (Phi) is 7.07. The summed E-state index contributed by atoms with van der Waals surface area (Å²) < 4.78 is 0. The Balaban J connectivity index is 1.34. The first-order valence-electron chi connectivity index (χ1n) is 13.8. The second-order valence-electron chi connectivity index (χ2n) is 10.7. The zero-order valence-electron chi connectivity index (χ0n) is 22.5. The molecule has 1 aliphatic carbocycles. The van der Waals surface area contributed by atoms with Crippen LogP contribution >= 0.6 is 0 Å². The number of hydrogen-bond donors (Lipinski definition) is 4. The number of amides is 1. The summed E-state index contributed by atoms with van der Waals surface area (Å²) in [7, 11) is 0. The molecule has 8 nitrogen and oxygen atoms in total. The van der Waals surface area contributed by atoms with Crippen LogP contribution in [0.15, 0.2) is 85.2 Å². The number of primary amides is 1. The monoisotopic (exact) mass is 545 g/mol. The molecule has 0 radical (unpaired) electrons. The number of nitrogens with one attached hydrogen (secondary N) is 1. The van der Waals surface area contributed by atoms with Gasteiger partial charge in [-0.25, -0.2) is 0 Å². The van der Waals surface area contributed by atoms with Crippen molar-refractivity contribution >= 4 is 39.2 Å². The summed E-state index contributed by atoms with van der Waals surface area (Å²) in [5, 5.41) is 15.9. The van der Waals surface area contributed by atoms with Gasteiger partial charge in [0.1, 0.15) is 6.04 Å². The molecule has 0 bridgehead atoms. The third-order valence-corrected chi connectivity index (χ3v) is 8.19. The van der Waals surface area contributed by atoms with Crippen LogP contribution in [0.5, 0.6) is 0 Å². The lowest BCUT2D eigenvalue weighted by molar-refractivity contribution is -0.140. The summed E-state index contributed by atoms with van der Waals surface area (Å²) in [5.41, 5.74) is 17.3. The fourth-order valence-corrected chi connectivity index (χ4v) is 5.98. The Labute approximate surface area is 237 Å². The van der Waals surface area contributed by atoms with Crippen molar-refractivity contribution in [1.82, 2.24) is 9.97 Å². The minimum Gasteiger partial charge on any atom is -0.480 e. The van der Waals surface area contributed by atoms with Gasteiger partial charge < -0.3 is 21.9 Å². The second-order valence-corrected chi connectivity index (χ2v) is 10.7. The minimum absolute atomic E-state index is 0.0561. The largest absolute Gasteiger partial charge is 0.480 e. The number of carboxylic acids is 1. The van der Waals surface area contributed by atoms with E-state index in [4.69, 9.17) is 16.5 Å². The van der Waals surface area contributed by atoms with E-state index in [9.17, 15) is 14.7 Å². The highest BCUT2D eigenvalue weighted by molar-refractivity contribution is 6.05. The first kappa shape index (κ1) is 26.4. The number of hydrogen-bond acceptors (Lipinski definition) is 6. The van der Waals surface area contributed by atoms with Crippen molar-refractivity contribution < 1.29 is 14.7 Å². The van der Waals surface area contributed by atoms with Crippen molar-refractivity contribution in [3.8, 4) is 22.4 Å². The maximum atomic E-state index is 12.3. The number of nitrogens with zero attached hydrogens (tertiary/aromatic N) is 2. The number of pyridine rings is 2. The Hall–Kier alpha value is -4.82. The number of rotatable bonds is 7. The molecule has 1 fully saturated rings. The zero-order chi connectivity index (χ0) is 28.5. The van der Waals surface area contributed by atoms with Gasteiger partial charge in [-0.3, -0.25) is 19.6 Å². The van der Waals surface area contributed by atoms with E-state index in [0.717, 1.165) is 56.9 Å². The number of anilines is 1. The van der Waals surface area contributed by atoms with E-state index in [1.54, 1.807) is 12.3 Å². The van der Waals surface area contributed by atoms with Crippen LogP contribution in [0.4, 0.5) is 5.69 Å². The molecule has 6 rings (SSSR count). The minimum atomic E-state index is -0.965. The summed E-state index contributed by atoms with van der Waals surface area (Å²) in [6.07, 6.45) is 6.62. The topological polar surface area (TPSA) is 144 Å². The quantitative estimate of drug-likeness (QED) is 0.208. The average Bonchev–Trinajstić information content (AvgIpc) is 3.00. The first-order chi connectivity index (χ1) is 19.9. The van der Waals surface area contributed by atoms with E-state index in [1.165, 1.54) is 0 Å². The summed E-state index contributed by atoms with van der Waals surface area (Å²) in [6.45, 7) is 0. The lowest BCUT2D eigenvalue weighted by atomic mass is 9.81. The number of para-hydroxylation sites is 1. The number of carboxylic acid groups (broad SMARTS) is 1. The number of fused-ring (bicyclic) bond motifs is 2. The van der Waals surface area contributed by atoms with Gasteiger partial charge in [-0.1, -0.05) is 42.5 Å². The van der Waals surface area contributed by atoms with Crippen molar-refractivity contribution in [1.29, 1.82) is 0 Å². The number of benzene rings is 3. The molecule has 0 saturated heterocycles. The van der Waals surface area contributed by atoms with Crippen molar-refractivity contribution in [3.05, 3.63) is 90.8 Å². The van der Waals surface area contributed by atoms with Crippen LogP contribution in [0.3, 0.4) is 0 Å². The molecule has 6 N–H and O–H groups in total. The van der Waals surface area contributed by atoms with Gasteiger partial charge in [0.25, 0.3) is 5.91 Å². The molecule has 1 unspecified atom stereocenters. The summed E-state index contributed by atoms with van der Waals surface area (Å²) >= 11 is 0. The molecule has 41 heavy (non-hydrogen) atoms. The lowest BCUT2D eigenvalue weighted by Crippen LogP contribution is -2.41. The molecule has 0 aliphatic heterocycles. The fourth-order valence-electron chi connectivity index (χ4n) is 5.98. The van der Waals surface area contributed by atoms with E-state index in [-0.39, 0.29) is 12.0 Å². The summed E-state index contributed by atoms with van der Waals surface area (Å²) in [4.78, 5) is 33.0. The maximum Gasteiger partial charge on any atom is 0.320 e. The zero-order valence-corrected chi connectivity index (χ0v) is 22.5. The highest BCUT2D eigenvalue weighted by atomic mass is 16.4. The maximum absolute atomic E-state index is 12.3. The van der Waals surface area contributed by atoms with E-state index in [2.05, 4.69) is 34.6 Å². The molecule has 1 amide bonds. The molecule has 3 aromatic carbocycles. The molecular weight excluding hydrogens is 514 g/mol. The number of nitrogens with two attached hydrogens (primary N) is 2. The van der Waals surface area contributed by atoms with Crippen LogP contribution in [0.1, 0.15) is 36.0 Å².